The molecule has 1 atom stereocenters. The maximum Gasteiger partial charge on any atom is 0.252 e. The first-order valence-corrected chi connectivity index (χ1v) is 8.01. The fourth-order valence-corrected chi connectivity index (χ4v) is 2.84. The van der Waals surface area contributed by atoms with Crippen LogP contribution in [-0.4, -0.2) is 24.4 Å². The van der Waals surface area contributed by atoms with E-state index in [0.717, 1.165) is 28.9 Å². The van der Waals surface area contributed by atoms with E-state index in [1.165, 1.54) is 6.07 Å². The van der Waals surface area contributed by atoms with Crippen LogP contribution >= 0.6 is 0 Å². The lowest BCUT2D eigenvalue weighted by molar-refractivity contribution is -0.118. The molecule has 1 N–H and O–H groups in total. The highest BCUT2D eigenvalue weighted by atomic mass is 19.2. The third-order valence-electron chi connectivity index (χ3n) is 4.49. The van der Waals surface area contributed by atoms with Crippen LogP contribution in [0.4, 0.5) is 14.5 Å². The zero-order valence-electron chi connectivity index (χ0n) is 14.0. The first-order valence-electron chi connectivity index (χ1n) is 8.01. The zero-order valence-corrected chi connectivity index (χ0v) is 14.0. The normalized spacial score (nSPS) is 17.0. The summed E-state index contributed by atoms with van der Waals surface area (Å²) in [4.78, 5) is 26.4. The van der Waals surface area contributed by atoms with Crippen LogP contribution in [0.2, 0.25) is 0 Å². The van der Waals surface area contributed by atoms with Crippen LogP contribution in [0, 0.1) is 25.5 Å². The molecule has 6 heteroatoms. The number of amides is 2. The van der Waals surface area contributed by atoms with Gasteiger partial charge < -0.3 is 10.2 Å². The van der Waals surface area contributed by atoms with Crippen molar-refractivity contribution in [2.45, 2.75) is 26.3 Å². The minimum absolute atomic E-state index is 0.0173. The van der Waals surface area contributed by atoms with Crippen molar-refractivity contribution in [3.8, 4) is 0 Å². The molecule has 0 aromatic heterocycles. The molecule has 2 aromatic rings. The number of halogens is 2. The van der Waals surface area contributed by atoms with E-state index in [0.29, 0.717) is 13.0 Å². The van der Waals surface area contributed by atoms with Gasteiger partial charge in [-0.1, -0.05) is 6.07 Å². The van der Waals surface area contributed by atoms with E-state index in [1.807, 2.05) is 32.0 Å². The van der Waals surface area contributed by atoms with Crippen molar-refractivity contribution in [3.63, 3.8) is 0 Å². The molecule has 0 aliphatic carbocycles. The second kappa shape index (κ2) is 6.63. The molecule has 2 aromatic carbocycles. The van der Waals surface area contributed by atoms with Gasteiger partial charge in [-0.25, -0.2) is 8.78 Å². The van der Waals surface area contributed by atoms with E-state index < -0.39 is 23.6 Å². The van der Waals surface area contributed by atoms with E-state index in [2.05, 4.69) is 5.32 Å². The van der Waals surface area contributed by atoms with Gasteiger partial charge in [-0.05, 0) is 61.7 Å². The number of carbonyl (C=O) groups excluding carboxylic acids is 2. The monoisotopic (exact) mass is 344 g/mol. The number of aryl methyl sites for hydroxylation is 2. The predicted octanol–water partition coefficient (Wildman–Crippen LogP) is 3.12. The van der Waals surface area contributed by atoms with Crippen LogP contribution < -0.4 is 10.2 Å². The summed E-state index contributed by atoms with van der Waals surface area (Å²) in [5, 5.41) is 2.60. The molecule has 1 unspecified atom stereocenters. The number of anilines is 1. The summed E-state index contributed by atoms with van der Waals surface area (Å²) in [5.41, 5.74) is 2.99. The van der Waals surface area contributed by atoms with E-state index in [1.54, 1.807) is 4.90 Å². The Balaban J connectivity index is 1.72. The molecule has 25 heavy (non-hydrogen) atoms. The van der Waals surface area contributed by atoms with Crippen molar-refractivity contribution in [1.29, 1.82) is 0 Å². The predicted molar refractivity (Wildman–Crippen MR) is 90.5 cm³/mol. The highest BCUT2D eigenvalue weighted by molar-refractivity contribution is 6.03. The van der Waals surface area contributed by atoms with Gasteiger partial charge in [0, 0.05) is 17.8 Å². The van der Waals surface area contributed by atoms with Gasteiger partial charge in [-0.15, -0.1) is 0 Å². The molecule has 4 nitrogen and oxygen atoms in total. The van der Waals surface area contributed by atoms with Gasteiger partial charge in [0.25, 0.3) is 5.91 Å². The maximum absolute atomic E-state index is 13.3. The maximum atomic E-state index is 13.3. The van der Waals surface area contributed by atoms with Gasteiger partial charge in [-0.3, -0.25) is 9.59 Å². The average Bonchev–Trinajstić information content (AvgIpc) is 2.93. The third-order valence-corrected chi connectivity index (χ3v) is 4.49. The summed E-state index contributed by atoms with van der Waals surface area (Å²) in [6.07, 6.45) is 0.459. The molecule has 1 aliphatic heterocycles. The Morgan fingerprint density at radius 3 is 2.52 bits per heavy atom. The Labute approximate surface area is 144 Å². The van der Waals surface area contributed by atoms with Gasteiger partial charge in [0.15, 0.2) is 11.6 Å². The number of nitrogens with one attached hydrogen (secondary N) is 1. The van der Waals surface area contributed by atoms with Crippen LogP contribution in [0.3, 0.4) is 0 Å². The average molecular weight is 344 g/mol. The summed E-state index contributed by atoms with van der Waals surface area (Å²) in [6.45, 7) is 4.46. The van der Waals surface area contributed by atoms with Gasteiger partial charge in [0.1, 0.15) is 6.04 Å². The van der Waals surface area contributed by atoms with Crippen molar-refractivity contribution in [2.24, 2.45) is 0 Å². The summed E-state index contributed by atoms with van der Waals surface area (Å²) in [6, 6.07) is 7.99. The largest absolute Gasteiger partial charge is 0.340 e. The molecule has 1 fully saturated rings. The number of rotatable bonds is 3. The van der Waals surface area contributed by atoms with Crippen molar-refractivity contribution in [2.75, 3.05) is 11.4 Å². The Hall–Kier alpha value is -2.76. The first-order chi connectivity index (χ1) is 11.9. The summed E-state index contributed by atoms with van der Waals surface area (Å²) in [5.74, 6) is -2.92. The molecule has 130 valence electrons. The van der Waals surface area contributed by atoms with Gasteiger partial charge >= 0.3 is 0 Å². The molecule has 0 radical (unpaired) electrons. The molecule has 0 bridgehead atoms. The minimum atomic E-state index is -1.10. The Morgan fingerprint density at radius 1 is 1.08 bits per heavy atom. The van der Waals surface area contributed by atoms with Crippen LogP contribution in [0.15, 0.2) is 36.4 Å². The van der Waals surface area contributed by atoms with Gasteiger partial charge in [0.05, 0.1) is 0 Å². The SMILES string of the molecule is Cc1ccc(N2CCC(NC(=O)c3ccc(F)c(F)c3)C2=O)cc1C. The van der Waals surface area contributed by atoms with E-state index in [9.17, 15) is 18.4 Å². The van der Waals surface area contributed by atoms with E-state index in [4.69, 9.17) is 0 Å². The molecule has 1 saturated heterocycles. The Kier molecular flexibility index (Phi) is 4.53. The molecular formula is C19H18F2N2O2. The first kappa shape index (κ1) is 17.1. The minimum Gasteiger partial charge on any atom is -0.340 e. The van der Waals surface area contributed by atoms with Gasteiger partial charge in [-0.2, -0.15) is 0 Å². The van der Waals surface area contributed by atoms with Crippen LogP contribution in [0.5, 0.6) is 0 Å². The van der Waals surface area contributed by atoms with Crippen molar-refractivity contribution < 1.29 is 18.4 Å². The molecule has 0 saturated carbocycles. The smallest absolute Gasteiger partial charge is 0.252 e. The summed E-state index contributed by atoms with van der Waals surface area (Å²) in [7, 11) is 0. The lowest BCUT2D eigenvalue weighted by atomic mass is 10.1. The highest BCUT2D eigenvalue weighted by Crippen LogP contribution is 2.24. The van der Waals surface area contributed by atoms with Crippen molar-refractivity contribution >= 4 is 17.5 Å². The molecule has 0 spiro atoms. The van der Waals surface area contributed by atoms with Crippen molar-refractivity contribution in [3.05, 3.63) is 64.7 Å². The third kappa shape index (κ3) is 3.38. The molecular weight excluding hydrogens is 326 g/mol. The van der Waals surface area contributed by atoms with Crippen molar-refractivity contribution in [1.82, 2.24) is 5.32 Å². The van der Waals surface area contributed by atoms with Crippen LogP contribution in [0.25, 0.3) is 0 Å². The lowest BCUT2D eigenvalue weighted by Gasteiger charge is -2.18. The molecule has 1 aliphatic rings. The molecule has 3 rings (SSSR count). The quantitative estimate of drug-likeness (QED) is 0.930. The number of carbonyl (C=O) groups is 2. The number of benzene rings is 2. The second-order valence-electron chi connectivity index (χ2n) is 6.20. The number of nitrogens with zero attached hydrogens (tertiary/aromatic N) is 1. The molecule has 2 amide bonds. The topological polar surface area (TPSA) is 49.4 Å². The lowest BCUT2D eigenvalue weighted by Crippen LogP contribution is -2.41. The van der Waals surface area contributed by atoms with E-state index >= 15 is 0 Å². The zero-order chi connectivity index (χ0) is 18.1. The molecule has 1 heterocycles. The fraction of sp³-hybridized carbons (Fsp3) is 0.263. The number of hydrogen-bond donors (Lipinski definition) is 1. The fourth-order valence-electron chi connectivity index (χ4n) is 2.84. The summed E-state index contributed by atoms with van der Waals surface area (Å²) < 4.78 is 26.2. The van der Waals surface area contributed by atoms with Crippen LogP contribution in [-0.2, 0) is 4.79 Å². The highest BCUT2D eigenvalue weighted by Gasteiger charge is 2.34. The van der Waals surface area contributed by atoms with Gasteiger partial charge in [0.2, 0.25) is 5.91 Å². The van der Waals surface area contributed by atoms with Crippen LogP contribution in [0.1, 0.15) is 27.9 Å². The number of hydrogen-bond acceptors (Lipinski definition) is 2. The Bertz CT molecular complexity index is 851. The standard InChI is InChI=1S/C19H18F2N2O2/c1-11-3-5-14(9-12(11)2)23-8-7-17(19(23)25)22-18(24)13-4-6-15(20)16(21)10-13/h3-6,9-10,17H,7-8H2,1-2H3,(H,22,24). The Morgan fingerprint density at radius 2 is 1.84 bits per heavy atom. The van der Waals surface area contributed by atoms with E-state index in [-0.39, 0.29) is 11.5 Å². The second-order valence-corrected chi connectivity index (χ2v) is 6.20. The summed E-state index contributed by atoms with van der Waals surface area (Å²) >= 11 is 0.